The Balaban J connectivity index is 2.94. The van der Waals surface area contributed by atoms with Gasteiger partial charge < -0.3 is 25.2 Å². The van der Waals surface area contributed by atoms with Crippen LogP contribution in [-0.4, -0.2) is 44.0 Å². The Labute approximate surface area is 78.5 Å². The second-order valence-corrected chi connectivity index (χ2v) is 3.33. The lowest BCUT2D eigenvalue weighted by atomic mass is 10.2. The van der Waals surface area contributed by atoms with Gasteiger partial charge in [-0.25, -0.2) is 4.79 Å². The molecular weight excluding hydrogens is 200 g/mol. The van der Waals surface area contributed by atoms with Crippen molar-refractivity contribution in [3.8, 4) is 0 Å². The molecule has 1 aliphatic rings. The average molecular weight is 208 g/mol. The molecule has 1 heterocycles. The van der Waals surface area contributed by atoms with E-state index >= 15 is 0 Å². The summed E-state index contributed by atoms with van der Waals surface area (Å²) in [5.74, 6) is -2.98. The summed E-state index contributed by atoms with van der Waals surface area (Å²) in [6.45, 7) is -0.842. The predicted molar refractivity (Wildman–Crippen MR) is 43.2 cm³/mol. The molecule has 0 unspecified atom stereocenters. The first-order chi connectivity index (χ1) is 5.90. The molecule has 13 heavy (non-hydrogen) atoms. The van der Waals surface area contributed by atoms with Crippen LogP contribution in [0.2, 0.25) is 0 Å². The van der Waals surface area contributed by atoms with Crippen LogP contribution >= 0.6 is 12.6 Å². The highest BCUT2D eigenvalue weighted by Crippen LogP contribution is 2.29. The standard InChI is InChI=1S/C6H8O6S/c7-1-6(11,13)4-2(8)3(9)5(10)12-4/h4,7-9,11,13H,1H2/t4-,6+/m0/s1. The van der Waals surface area contributed by atoms with Gasteiger partial charge in [-0.3, -0.25) is 0 Å². The molecule has 74 valence electrons. The summed E-state index contributed by atoms with van der Waals surface area (Å²) in [4.78, 5) is 8.53. The first-order valence-corrected chi connectivity index (χ1v) is 3.73. The molecule has 0 saturated carbocycles. The van der Waals surface area contributed by atoms with E-state index in [-0.39, 0.29) is 0 Å². The number of ether oxygens (including phenoxy) is 1. The maximum Gasteiger partial charge on any atom is 0.378 e. The van der Waals surface area contributed by atoms with Crippen LogP contribution in [0.3, 0.4) is 0 Å². The molecular formula is C6H8O6S. The van der Waals surface area contributed by atoms with Gasteiger partial charge in [0.2, 0.25) is 11.9 Å². The van der Waals surface area contributed by atoms with Gasteiger partial charge in [-0.15, -0.1) is 12.6 Å². The molecule has 0 fully saturated rings. The highest BCUT2D eigenvalue weighted by molar-refractivity contribution is 7.81. The van der Waals surface area contributed by atoms with Gasteiger partial charge in [0.05, 0.1) is 6.61 Å². The third-order valence-electron chi connectivity index (χ3n) is 1.56. The fraction of sp³-hybridized carbons (Fsp3) is 0.500. The summed E-state index contributed by atoms with van der Waals surface area (Å²) >= 11 is 3.55. The van der Waals surface area contributed by atoms with E-state index in [0.29, 0.717) is 0 Å². The van der Waals surface area contributed by atoms with Crippen LogP contribution in [0.25, 0.3) is 0 Å². The normalized spacial score (nSPS) is 27.3. The topological polar surface area (TPSA) is 107 Å². The SMILES string of the molecule is O=C1O[C@H]([C@](O)(S)CO)C(O)=C1O. The Morgan fingerprint density at radius 2 is 2.08 bits per heavy atom. The highest BCUT2D eigenvalue weighted by Gasteiger charge is 2.46. The van der Waals surface area contributed by atoms with E-state index < -0.39 is 35.1 Å². The molecule has 7 heteroatoms. The summed E-state index contributed by atoms with van der Waals surface area (Å²) in [7, 11) is 0. The number of aliphatic hydroxyl groups excluding tert-OH is 3. The van der Waals surface area contributed by atoms with E-state index in [1.165, 1.54) is 0 Å². The molecule has 0 aliphatic carbocycles. The Morgan fingerprint density at radius 3 is 2.38 bits per heavy atom. The summed E-state index contributed by atoms with van der Waals surface area (Å²) < 4.78 is 4.34. The van der Waals surface area contributed by atoms with Gasteiger partial charge >= 0.3 is 5.97 Å². The summed E-state index contributed by atoms with van der Waals surface area (Å²) in [6.07, 6.45) is -1.55. The molecule has 0 radical (unpaired) electrons. The van der Waals surface area contributed by atoms with E-state index in [2.05, 4.69) is 17.4 Å². The van der Waals surface area contributed by atoms with Crippen molar-refractivity contribution in [2.45, 2.75) is 11.0 Å². The zero-order valence-corrected chi connectivity index (χ0v) is 7.23. The Hall–Kier alpha value is -0.920. The van der Waals surface area contributed by atoms with Gasteiger partial charge in [-0.05, 0) is 0 Å². The number of esters is 1. The third-order valence-corrected chi connectivity index (χ3v) is 1.94. The monoisotopic (exact) mass is 208 g/mol. The van der Waals surface area contributed by atoms with Crippen molar-refractivity contribution in [1.82, 2.24) is 0 Å². The number of cyclic esters (lactones) is 1. The summed E-state index contributed by atoms with van der Waals surface area (Å²) in [5, 5.41) is 35.8. The van der Waals surface area contributed by atoms with Crippen molar-refractivity contribution >= 4 is 18.6 Å². The molecule has 0 saturated heterocycles. The van der Waals surface area contributed by atoms with Gasteiger partial charge in [0.1, 0.15) is 0 Å². The zero-order valence-electron chi connectivity index (χ0n) is 6.34. The Kier molecular flexibility index (Phi) is 2.42. The van der Waals surface area contributed by atoms with E-state index in [0.717, 1.165) is 0 Å². The van der Waals surface area contributed by atoms with Crippen LogP contribution < -0.4 is 0 Å². The van der Waals surface area contributed by atoms with Gasteiger partial charge in [0.15, 0.2) is 10.7 Å². The lowest BCUT2D eigenvalue weighted by Gasteiger charge is -2.24. The summed E-state index contributed by atoms with van der Waals surface area (Å²) in [6, 6.07) is 0. The molecule has 0 aromatic rings. The molecule has 0 spiro atoms. The first-order valence-electron chi connectivity index (χ1n) is 3.29. The molecule has 4 N–H and O–H groups in total. The van der Waals surface area contributed by atoms with Crippen LogP contribution in [0.15, 0.2) is 11.5 Å². The van der Waals surface area contributed by atoms with Crippen LogP contribution in [-0.2, 0) is 9.53 Å². The maximum atomic E-state index is 10.6. The number of thiol groups is 1. The minimum absolute atomic E-state index is 0.837. The Morgan fingerprint density at radius 1 is 1.54 bits per heavy atom. The molecule has 0 aromatic carbocycles. The molecule has 0 bridgehead atoms. The quantitative estimate of drug-likeness (QED) is 0.223. The van der Waals surface area contributed by atoms with Crippen molar-refractivity contribution in [1.29, 1.82) is 0 Å². The van der Waals surface area contributed by atoms with Gasteiger partial charge in [0.25, 0.3) is 0 Å². The van der Waals surface area contributed by atoms with E-state index in [1.54, 1.807) is 0 Å². The minimum Gasteiger partial charge on any atom is -0.505 e. The van der Waals surface area contributed by atoms with Gasteiger partial charge in [0, 0.05) is 0 Å². The predicted octanol–water partition coefficient (Wildman–Crippen LogP) is -1.15. The number of carbonyl (C=O) groups is 1. The number of aliphatic hydroxyl groups is 4. The second-order valence-electron chi connectivity index (χ2n) is 2.56. The Bertz CT molecular complexity index is 270. The summed E-state index contributed by atoms with van der Waals surface area (Å²) in [5.41, 5.74) is 0. The molecule has 0 amide bonds. The number of hydrogen-bond donors (Lipinski definition) is 5. The maximum absolute atomic E-state index is 10.6. The number of hydrogen-bond acceptors (Lipinski definition) is 7. The van der Waals surface area contributed by atoms with Crippen molar-refractivity contribution < 1.29 is 30.0 Å². The van der Waals surface area contributed by atoms with E-state index in [9.17, 15) is 9.90 Å². The van der Waals surface area contributed by atoms with Crippen LogP contribution in [0.5, 0.6) is 0 Å². The smallest absolute Gasteiger partial charge is 0.378 e. The van der Waals surface area contributed by atoms with Gasteiger partial charge in [-0.2, -0.15) is 0 Å². The fourth-order valence-electron chi connectivity index (χ4n) is 0.844. The minimum atomic E-state index is -2.11. The van der Waals surface area contributed by atoms with Crippen molar-refractivity contribution in [2.24, 2.45) is 0 Å². The molecule has 6 nitrogen and oxygen atoms in total. The highest BCUT2D eigenvalue weighted by atomic mass is 32.1. The van der Waals surface area contributed by atoms with Crippen LogP contribution in [0, 0.1) is 0 Å². The van der Waals surface area contributed by atoms with Crippen molar-refractivity contribution in [2.75, 3.05) is 6.61 Å². The largest absolute Gasteiger partial charge is 0.505 e. The van der Waals surface area contributed by atoms with E-state index in [1.807, 2.05) is 0 Å². The second kappa shape index (κ2) is 3.09. The molecule has 0 aromatic heterocycles. The van der Waals surface area contributed by atoms with E-state index in [4.69, 9.17) is 15.3 Å². The molecule has 1 rings (SSSR count). The van der Waals surface area contributed by atoms with Crippen LogP contribution in [0.1, 0.15) is 0 Å². The number of rotatable bonds is 2. The fourth-order valence-corrected chi connectivity index (χ4v) is 1.02. The lowest BCUT2D eigenvalue weighted by Crippen LogP contribution is -2.42. The van der Waals surface area contributed by atoms with Gasteiger partial charge in [-0.1, -0.05) is 0 Å². The number of carbonyl (C=O) groups excluding carboxylic acids is 1. The lowest BCUT2D eigenvalue weighted by molar-refractivity contribution is -0.149. The van der Waals surface area contributed by atoms with Crippen LogP contribution in [0.4, 0.5) is 0 Å². The first kappa shape index (κ1) is 10.2. The van der Waals surface area contributed by atoms with Crippen molar-refractivity contribution in [3.63, 3.8) is 0 Å². The molecule has 1 aliphatic heterocycles. The zero-order chi connectivity index (χ0) is 10.2. The third kappa shape index (κ3) is 1.58. The average Bonchev–Trinajstić information content (AvgIpc) is 2.33. The van der Waals surface area contributed by atoms with Crippen molar-refractivity contribution in [3.05, 3.63) is 11.5 Å². The molecule has 2 atom stereocenters.